The van der Waals surface area contributed by atoms with Crippen LogP contribution in [0.4, 0.5) is 5.69 Å². The smallest absolute Gasteiger partial charge is 0.241 e. The van der Waals surface area contributed by atoms with Crippen molar-refractivity contribution in [3.05, 3.63) is 101 Å². The number of hydrogen-bond acceptors (Lipinski definition) is 5. The second kappa shape index (κ2) is 6.80. The summed E-state index contributed by atoms with van der Waals surface area (Å²) in [7, 11) is 0. The molecule has 2 aliphatic heterocycles. The van der Waals surface area contributed by atoms with Crippen LogP contribution >= 0.6 is 0 Å². The van der Waals surface area contributed by atoms with E-state index < -0.39 is 46.9 Å². The first-order valence-electron chi connectivity index (χ1n) is 10.8. The van der Waals surface area contributed by atoms with Crippen LogP contribution in [0.15, 0.2) is 78.9 Å². The van der Waals surface area contributed by atoms with Crippen molar-refractivity contribution in [2.75, 3.05) is 4.90 Å². The van der Waals surface area contributed by atoms with E-state index in [1.807, 2.05) is 25.1 Å². The lowest BCUT2D eigenvalue weighted by Gasteiger charge is -2.27. The molecule has 2 amide bonds. The van der Waals surface area contributed by atoms with Gasteiger partial charge in [-0.3, -0.25) is 19.2 Å². The van der Waals surface area contributed by atoms with Gasteiger partial charge in [-0.2, -0.15) is 0 Å². The molecule has 33 heavy (non-hydrogen) atoms. The lowest BCUT2D eigenvalue weighted by molar-refractivity contribution is -0.127. The number of aryl methyl sites for hydroxylation is 1. The molecule has 3 aliphatic rings. The van der Waals surface area contributed by atoms with E-state index >= 15 is 0 Å². The maximum Gasteiger partial charge on any atom is 0.241 e. The summed E-state index contributed by atoms with van der Waals surface area (Å²) in [6.45, 7) is 1.81. The van der Waals surface area contributed by atoms with Gasteiger partial charge in [0.05, 0.1) is 23.6 Å². The molecule has 1 aliphatic carbocycles. The van der Waals surface area contributed by atoms with Gasteiger partial charge in [0.25, 0.3) is 0 Å². The molecular formula is C27H19NO5. The molecule has 6 heteroatoms. The topological polar surface area (TPSA) is 80.8 Å². The number of ketones is 2. The Morgan fingerprint density at radius 1 is 0.727 bits per heavy atom. The summed E-state index contributed by atoms with van der Waals surface area (Å²) in [6.07, 6.45) is -0.899. The van der Waals surface area contributed by atoms with E-state index in [1.54, 1.807) is 60.7 Å². The van der Waals surface area contributed by atoms with Crippen LogP contribution in [0, 0.1) is 18.8 Å². The van der Waals surface area contributed by atoms with Gasteiger partial charge in [0.2, 0.25) is 29.0 Å². The highest BCUT2D eigenvalue weighted by Gasteiger charge is 2.74. The molecule has 1 spiro atoms. The first kappa shape index (κ1) is 19.8. The zero-order chi connectivity index (χ0) is 22.9. The molecule has 0 radical (unpaired) electrons. The number of imide groups is 1. The summed E-state index contributed by atoms with van der Waals surface area (Å²) in [6, 6.07) is 22.6. The molecule has 2 saturated heterocycles. The van der Waals surface area contributed by atoms with Crippen molar-refractivity contribution in [3.63, 3.8) is 0 Å². The van der Waals surface area contributed by atoms with E-state index in [-0.39, 0.29) is 11.1 Å². The average molecular weight is 437 g/mol. The molecule has 0 saturated carbocycles. The predicted octanol–water partition coefficient (Wildman–Crippen LogP) is 3.69. The van der Waals surface area contributed by atoms with Gasteiger partial charge < -0.3 is 4.74 Å². The third-order valence-corrected chi connectivity index (χ3v) is 7.00. The van der Waals surface area contributed by atoms with Gasteiger partial charge >= 0.3 is 0 Å². The Balaban J connectivity index is 1.57. The van der Waals surface area contributed by atoms with E-state index in [4.69, 9.17) is 4.74 Å². The Labute approximate surface area is 189 Å². The number of hydrogen-bond donors (Lipinski definition) is 0. The quantitative estimate of drug-likeness (QED) is 0.451. The van der Waals surface area contributed by atoms with Crippen LogP contribution < -0.4 is 4.90 Å². The van der Waals surface area contributed by atoms with Crippen molar-refractivity contribution < 1.29 is 23.9 Å². The van der Waals surface area contributed by atoms with Crippen LogP contribution in [0.25, 0.3) is 0 Å². The number of para-hydroxylation sites is 1. The molecule has 162 valence electrons. The highest BCUT2D eigenvalue weighted by molar-refractivity contribution is 6.37. The molecular weight excluding hydrogens is 418 g/mol. The molecule has 6 nitrogen and oxygen atoms in total. The van der Waals surface area contributed by atoms with Crippen LogP contribution in [0.3, 0.4) is 0 Å². The number of nitrogens with zero attached hydrogens (tertiary/aromatic N) is 1. The number of amides is 2. The minimum absolute atomic E-state index is 0.226. The largest absolute Gasteiger partial charge is 0.349 e. The number of benzene rings is 3. The maximum absolute atomic E-state index is 13.9. The van der Waals surface area contributed by atoms with Gasteiger partial charge in [-0.1, -0.05) is 72.8 Å². The minimum atomic E-state index is -2.04. The number of Topliss-reactive ketones (excluding diaryl/α,β-unsaturated/α-hetero) is 2. The highest BCUT2D eigenvalue weighted by Crippen LogP contribution is 2.57. The number of anilines is 1. The molecule has 0 aromatic heterocycles. The zero-order valence-electron chi connectivity index (χ0n) is 17.7. The summed E-state index contributed by atoms with van der Waals surface area (Å²) in [5.41, 5.74) is 0.263. The monoisotopic (exact) mass is 437 g/mol. The normalized spacial score (nSPS) is 25.1. The van der Waals surface area contributed by atoms with Gasteiger partial charge in [-0.05, 0) is 24.1 Å². The van der Waals surface area contributed by atoms with Gasteiger partial charge in [-0.25, -0.2) is 4.90 Å². The fourth-order valence-electron chi connectivity index (χ4n) is 5.51. The van der Waals surface area contributed by atoms with Crippen LogP contribution in [0.2, 0.25) is 0 Å². The van der Waals surface area contributed by atoms with E-state index in [2.05, 4.69) is 0 Å². The second-order valence-corrected chi connectivity index (χ2v) is 8.69. The van der Waals surface area contributed by atoms with Crippen molar-refractivity contribution in [1.29, 1.82) is 0 Å². The fourth-order valence-corrected chi connectivity index (χ4v) is 5.51. The molecule has 3 atom stereocenters. The summed E-state index contributed by atoms with van der Waals surface area (Å²) >= 11 is 0. The van der Waals surface area contributed by atoms with Crippen molar-refractivity contribution in [2.24, 2.45) is 11.8 Å². The maximum atomic E-state index is 13.9. The summed E-state index contributed by atoms with van der Waals surface area (Å²) < 4.78 is 6.26. The van der Waals surface area contributed by atoms with Crippen molar-refractivity contribution in [3.8, 4) is 0 Å². The molecule has 3 aromatic rings. The molecule has 0 bridgehead atoms. The zero-order valence-corrected chi connectivity index (χ0v) is 17.7. The Morgan fingerprint density at radius 2 is 1.30 bits per heavy atom. The van der Waals surface area contributed by atoms with Crippen LogP contribution in [0.1, 0.15) is 37.9 Å². The number of rotatable bonds is 2. The van der Waals surface area contributed by atoms with Gasteiger partial charge in [0, 0.05) is 11.1 Å². The van der Waals surface area contributed by atoms with Crippen molar-refractivity contribution >= 4 is 29.1 Å². The Kier molecular flexibility index (Phi) is 4.07. The third-order valence-electron chi connectivity index (χ3n) is 7.00. The number of ether oxygens (including phenoxy) is 1. The summed E-state index contributed by atoms with van der Waals surface area (Å²) in [4.78, 5) is 56.1. The third kappa shape index (κ3) is 2.41. The Hall–Kier alpha value is -3.90. The van der Waals surface area contributed by atoms with E-state index in [1.165, 1.54) is 0 Å². The lowest BCUT2D eigenvalue weighted by atomic mass is 9.77. The predicted molar refractivity (Wildman–Crippen MR) is 119 cm³/mol. The fraction of sp³-hybridized carbons (Fsp3) is 0.185. The molecule has 2 fully saturated rings. The first-order valence-corrected chi connectivity index (χ1v) is 10.8. The first-order chi connectivity index (χ1) is 16.0. The van der Waals surface area contributed by atoms with Gasteiger partial charge in [0.1, 0.15) is 0 Å². The lowest BCUT2D eigenvalue weighted by Crippen LogP contribution is -2.51. The van der Waals surface area contributed by atoms with Crippen molar-refractivity contribution in [1.82, 2.24) is 0 Å². The molecule has 0 unspecified atom stereocenters. The standard InChI is InChI=1S/C27H19NO5/c1-15-9-5-8-14-19(15)28-25(31)20-21(26(28)32)27(33-22(20)16-10-3-2-4-11-16)23(29)17-12-6-7-13-18(17)24(27)30/h2-14,20-22H,1H3/t20-,21+,22-/m0/s1. The van der Waals surface area contributed by atoms with Gasteiger partial charge in [0.15, 0.2) is 0 Å². The Morgan fingerprint density at radius 3 is 1.94 bits per heavy atom. The number of fused-ring (bicyclic) bond motifs is 3. The number of carbonyl (C=O) groups excluding carboxylic acids is 4. The van der Waals surface area contributed by atoms with Crippen molar-refractivity contribution in [2.45, 2.75) is 18.6 Å². The average Bonchev–Trinajstić information content (AvgIpc) is 3.40. The molecule has 2 heterocycles. The SMILES string of the molecule is Cc1ccccc1N1C(=O)[C@@H]2[C@H](c3ccccc3)OC3(C(=O)c4ccccc4C3=O)[C@H]2C1=O. The number of carbonyl (C=O) groups is 4. The Bertz CT molecular complexity index is 1330. The molecule has 6 rings (SSSR count). The van der Waals surface area contributed by atoms with E-state index in [0.717, 1.165) is 10.5 Å². The molecule has 3 aromatic carbocycles. The van der Waals surface area contributed by atoms with Crippen LogP contribution in [-0.4, -0.2) is 29.0 Å². The van der Waals surface area contributed by atoms with E-state index in [9.17, 15) is 19.2 Å². The molecule has 0 N–H and O–H groups in total. The summed E-state index contributed by atoms with van der Waals surface area (Å²) in [5.74, 6) is -4.36. The second-order valence-electron chi connectivity index (χ2n) is 8.69. The minimum Gasteiger partial charge on any atom is -0.349 e. The van der Waals surface area contributed by atoms with Crippen LogP contribution in [0.5, 0.6) is 0 Å². The highest BCUT2D eigenvalue weighted by atomic mass is 16.5. The van der Waals surface area contributed by atoms with Crippen LogP contribution in [-0.2, 0) is 14.3 Å². The van der Waals surface area contributed by atoms with Gasteiger partial charge in [-0.15, -0.1) is 0 Å². The summed E-state index contributed by atoms with van der Waals surface area (Å²) in [5, 5.41) is 0. The van der Waals surface area contributed by atoms with E-state index in [0.29, 0.717) is 11.3 Å².